The zero-order valence-electron chi connectivity index (χ0n) is 21.2. The molecule has 0 N–H and O–H groups in total. The summed E-state index contributed by atoms with van der Waals surface area (Å²) in [6, 6.07) is 5.12. The van der Waals surface area contributed by atoms with Crippen molar-refractivity contribution in [2.75, 3.05) is 6.61 Å². The molecule has 2 rings (SSSR count). The van der Waals surface area contributed by atoms with Gasteiger partial charge in [0, 0.05) is 5.02 Å². The monoisotopic (exact) mass is 490 g/mol. The number of carbonyl (C=O) groups excluding carboxylic acids is 2. The summed E-state index contributed by atoms with van der Waals surface area (Å²) in [5.41, 5.74) is 0.842. The van der Waals surface area contributed by atoms with Crippen LogP contribution in [-0.4, -0.2) is 18.5 Å². The molecule has 0 aliphatic heterocycles. The summed E-state index contributed by atoms with van der Waals surface area (Å²) in [7, 11) is 0. The van der Waals surface area contributed by atoms with Gasteiger partial charge < -0.3 is 9.47 Å². The van der Waals surface area contributed by atoms with E-state index in [2.05, 4.69) is 6.92 Å². The summed E-state index contributed by atoms with van der Waals surface area (Å²) in [4.78, 5) is 25.5. The first-order valence-corrected chi connectivity index (χ1v) is 13.7. The molecule has 1 aromatic carbocycles. The molecule has 0 heterocycles. The van der Waals surface area contributed by atoms with Crippen LogP contribution >= 0.6 is 11.6 Å². The quantitative estimate of drug-likeness (QED) is 0.101. The molecule has 1 aromatic rings. The number of aryl methyl sites for hydroxylation is 1. The van der Waals surface area contributed by atoms with E-state index in [4.69, 9.17) is 21.1 Å². The second kappa shape index (κ2) is 16.8. The number of hydrogen-bond acceptors (Lipinski definition) is 4. The highest BCUT2D eigenvalue weighted by Crippen LogP contribution is 2.30. The minimum atomic E-state index is -0.518. The maximum atomic E-state index is 12.8. The Morgan fingerprint density at radius 3 is 1.91 bits per heavy atom. The largest absolute Gasteiger partial charge is 0.465 e. The zero-order valence-corrected chi connectivity index (χ0v) is 21.9. The fourth-order valence-electron chi connectivity index (χ4n) is 4.43. The fraction of sp³-hybridized carbons (Fsp3) is 0.655. The van der Waals surface area contributed by atoms with E-state index >= 15 is 0 Å². The number of allylic oxidation sites excluding steroid dienone is 2. The van der Waals surface area contributed by atoms with E-state index in [1.807, 2.05) is 19.1 Å². The van der Waals surface area contributed by atoms with Gasteiger partial charge in [-0.2, -0.15) is 0 Å². The molecule has 0 fully saturated rings. The third-order valence-electron chi connectivity index (χ3n) is 6.63. The number of rotatable bonds is 16. The lowest BCUT2D eigenvalue weighted by Gasteiger charge is -2.25. The molecule has 5 heteroatoms. The van der Waals surface area contributed by atoms with E-state index in [9.17, 15) is 9.59 Å². The first-order chi connectivity index (χ1) is 16.5. The molecule has 2 unspecified atom stereocenters. The van der Waals surface area contributed by atoms with Crippen LogP contribution in [0.3, 0.4) is 0 Å². The van der Waals surface area contributed by atoms with Crippen LogP contribution in [0.1, 0.15) is 102 Å². The van der Waals surface area contributed by atoms with Crippen molar-refractivity contribution in [3.05, 3.63) is 40.9 Å². The molecule has 0 spiro atoms. The number of carbonyl (C=O) groups is 2. The first kappa shape index (κ1) is 28.4. The third-order valence-corrected chi connectivity index (χ3v) is 7.05. The Labute approximate surface area is 211 Å². The summed E-state index contributed by atoms with van der Waals surface area (Å²) in [5, 5.41) is 0.625. The van der Waals surface area contributed by atoms with Gasteiger partial charge in [0.1, 0.15) is 5.75 Å². The molecule has 0 saturated heterocycles. The standard InChI is InChI=1S/C29H43ClO4/c1-3-4-5-6-7-8-9-10-11-12-13-16-21-33-28(31)25-17-14-15-18-26(25)29(32)34-24-19-20-27(30)23(2)22-24/h14-15,19-20,22,25-26H,3-13,16-18,21H2,1-2H3. The van der Waals surface area contributed by atoms with Gasteiger partial charge in [-0.1, -0.05) is 101 Å². The molecule has 190 valence electrons. The number of ether oxygens (including phenoxy) is 2. The Hall–Kier alpha value is -1.81. The summed E-state index contributed by atoms with van der Waals surface area (Å²) in [6.07, 6.45) is 20.1. The van der Waals surface area contributed by atoms with E-state index in [1.54, 1.807) is 18.2 Å². The van der Waals surface area contributed by atoms with Crippen LogP contribution in [-0.2, 0) is 14.3 Å². The molecule has 34 heavy (non-hydrogen) atoms. The van der Waals surface area contributed by atoms with Crippen LogP contribution in [0.25, 0.3) is 0 Å². The Kier molecular flexibility index (Phi) is 14.0. The predicted octanol–water partition coefficient (Wildman–Crippen LogP) is 8.38. The maximum Gasteiger partial charge on any atom is 0.315 e. The van der Waals surface area contributed by atoms with Crippen LogP contribution in [0.5, 0.6) is 5.75 Å². The van der Waals surface area contributed by atoms with Gasteiger partial charge in [0.25, 0.3) is 0 Å². The Balaban J connectivity index is 1.61. The molecule has 1 aliphatic rings. The lowest BCUT2D eigenvalue weighted by molar-refractivity contribution is -0.156. The van der Waals surface area contributed by atoms with E-state index < -0.39 is 17.8 Å². The van der Waals surface area contributed by atoms with Gasteiger partial charge in [-0.05, 0) is 49.9 Å². The van der Waals surface area contributed by atoms with Gasteiger partial charge in [0.05, 0.1) is 18.4 Å². The number of hydrogen-bond donors (Lipinski definition) is 0. The van der Waals surface area contributed by atoms with Crippen molar-refractivity contribution < 1.29 is 19.1 Å². The minimum Gasteiger partial charge on any atom is -0.465 e. The van der Waals surface area contributed by atoms with Crippen molar-refractivity contribution in [2.45, 2.75) is 104 Å². The second-order valence-corrected chi connectivity index (χ2v) is 9.95. The molecule has 1 aliphatic carbocycles. The summed E-state index contributed by atoms with van der Waals surface area (Å²) >= 11 is 6.05. The molecular weight excluding hydrogens is 448 g/mol. The topological polar surface area (TPSA) is 52.6 Å². The van der Waals surface area contributed by atoms with Crippen LogP contribution in [0.15, 0.2) is 30.4 Å². The van der Waals surface area contributed by atoms with Gasteiger partial charge in [-0.15, -0.1) is 0 Å². The average molecular weight is 491 g/mol. The Bertz CT molecular complexity index is 773. The average Bonchev–Trinajstić information content (AvgIpc) is 2.84. The molecule has 0 bridgehead atoms. The highest BCUT2D eigenvalue weighted by atomic mass is 35.5. The summed E-state index contributed by atoms with van der Waals surface area (Å²) in [6.45, 7) is 4.54. The van der Waals surface area contributed by atoms with Crippen LogP contribution < -0.4 is 4.74 Å². The number of benzene rings is 1. The van der Waals surface area contributed by atoms with Crippen LogP contribution in [0, 0.1) is 18.8 Å². The summed E-state index contributed by atoms with van der Waals surface area (Å²) in [5.74, 6) is -1.23. The van der Waals surface area contributed by atoms with Gasteiger partial charge in [0.2, 0.25) is 0 Å². The van der Waals surface area contributed by atoms with E-state index in [0.717, 1.165) is 18.4 Å². The molecular formula is C29H43ClO4. The van der Waals surface area contributed by atoms with Gasteiger partial charge >= 0.3 is 11.9 Å². The Morgan fingerprint density at radius 1 is 0.824 bits per heavy atom. The smallest absolute Gasteiger partial charge is 0.315 e. The lowest BCUT2D eigenvalue weighted by Crippen LogP contribution is -2.35. The lowest BCUT2D eigenvalue weighted by atomic mass is 9.83. The van der Waals surface area contributed by atoms with Gasteiger partial charge in [-0.3, -0.25) is 9.59 Å². The third kappa shape index (κ3) is 10.6. The predicted molar refractivity (Wildman–Crippen MR) is 139 cm³/mol. The molecule has 0 radical (unpaired) electrons. The van der Waals surface area contributed by atoms with Crippen molar-refractivity contribution in [1.29, 1.82) is 0 Å². The van der Waals surface area contributed by atoms with E-state index in [0.29, 0.717) is 30.2 Å². The SMILES string of the molecule is CCCCCCCCCCCCCCOC(=O)C1CC=CCC1C(=O)Oc1ccc(Cl)c(C)c1. The second-order valence-electron chi connectivity index (χ2n) is 9.54. The first-order valence-electron chi connectivity index (χ1n) is 13.3. The van der Waals surface area contributed by atoms with Gasteiger partial charge in [0.15, 0.2) is 0 Å². The molecule has 0 aromatic heterocycles. The van der Waals surface area contributed by atoms with Crippen molar-refractivity contribution >= 4 is 23.5 Å². The zero-order chi connectivity index (χ0) is 24.6. The van der Waals surface area contributed by atoms with E-state index in [-0.39, 0.29) is 5.97 Å². The maximum absolute atomic E-state index is 12.8. The van der Waals surface area contributed by atoms with Crippen molar-refractivity contribution in [3.8, 4) is 5.75 Å². The number of unbranched alkanes of at least 4 members (excludes halogenated alkanes) is 11. The summed E-state index contributed by atoms with van der Waals surface area (Å²) < 4.78 is 11.1. The molecule has 0 saturated carbocycles. The van der Waals surface area contributed by atoms with Crippen molar-refractivity contribution in [3.63, 3.8) is 0 Å². The molecule has 2 atom stereocenters. The highest BCUT2D eigenvalue weighted by molar-refractivity contribution is 6.31. The van der Waals surface area contributed by atoms with Crippen LogP contribution in [0.4, 0.5) is 0 Å². The van der Waals surface area contributed by atoms with Crippen molar-refractivity contribution in [2.24, 2.45) is 11.8 Å². The van der Waals surface area contributed by atoms with Crippen LogP contribution in [0.2, 0.25) is 5.02 Å². The highest BCUT2D eigenvalue weighted by Gasteiger charge is 2.36. The number of esters is 2. The number of halogens is 1. The molecule has 0 amide bonds. The fourth-order valence-corrected chi connectivity index (χ4v) is 4.55. The van der Waals surface area contributed by atoms with Crippen molar-refractivity contribution in [1.82, 2.24) is 0 Å². The molecule has 4 nitrogen and oxygen atoms in total. The van der Waals surface area contributed by atoms with E-state index in [1.165, 1.54) is 64.2 Å². The van der Waals surface area contributed by atoms with Gasteiger partial charge in [-0.25, -0.2) is 0 Å². The Morgan fingerprint density at radius 2 is 1.35 bits per heavy atom. The minimum absolute atomic E-state index is 0.290. The normalized spacial score (nSPS) is 17.5.